The second kappa shape index (κ2) is 5.48. The largest absolute Gasteiger partial charge is 0.381 e. The summed E-state index contributed by atoms with van der Waals surface area (Å²) >= 11 is 0. The van der Waals surface area contributed by atoms with E-state index in [2.05, 4.69) is 42.5 Å². The number of hydrogen-bond acceptors (Lipinski definition) is 2. The molecule has 6 aromatic rings. The van der Waals surface area contributed by atoms with E-state index in [-0.39, 0.29) is 5.78 Å². The lowest BCUT2D eigenvalue weighted by Gasteiger charge is -2.35. The minimum absolute atomic E-state index is 0.0842. The van der Waals surface area contributed by atoms with E-state index in [4.69, 9.17) is 0 Å². The third-order valence-corrected chi connectivity index (χ3v) is 7.84. The average molecular weight is 422 g/mol. The molecule has 6 aromatic carbocycles. The molecule has 0 amide bonds. The Morgan fingerprint density at radius 3 is 1.94 bits per heavy atom. The molecule has 8 rings (SSSR count). The molecule has 0 aromatic heterocycles. The van der Waals surface area contributed by atoms with Gasteiger partial charge in [-0.3, -0.25) is 4.79 Å². The van der Waals surface area contributed by atoms with Crippen molar-refractivity contribution in [2.24, 2.45) is 0 Å². The van der Waals surface area contributed by atoms with Gasteiger partial charge in [-0.05, 0) is 85.4 Å². The summed E-state index contributed by atoms with van der Waals surface area (Å²) in [5.74, 6) is 0.0842. The SMILES string of the molecule is CC1(O)c2ccccc2-c2cc3ccc4c5c(cc6ccc1c2c6c35)-c1ccccc1C4=O. The van der Waals surface area contributed by atoms with Crippen molar-refractivity contribution in [2.75, 3.05) is 0 Å². The van der Waals surface area contributed by atoms with Crippen molar-refractivity contribution in [3.63, 3.8) is 0 Å². The molecule has 0 saturated heterocycles. The topological polar surface area (TPSA) is 37.3 Å². The summed E-state index contributed by atoms with van der Waals surface area (Å²) in [6.45, 7) is 1.89. The van der Waals surface area contributed by atoms with E-state index in [0.29, 0.717) is 0 Å². The van der Waals surface area contributed by atoms with Crippen LogP contribution in [0.1, 0.15) is 34.0 Å². The second-order valence-corrected chi connectivity index (χ2v) is 9.51. The third kappa shape index (κ3) is 1.89. The molecule has 0 fully saturated rings. The minimum Gasteiger partial charge on any atom is -0.381 e. The first-order valence-corrected chi connectivity index (χ1v) is 11.3. The molecule has 154 valence electrons. The molecule has 0 aliphatic heterocycles. The fourth-order valence-electron chi connectivity index (χ4n) is 6.40. The number of aliphatic hydroxyl groups is 1. The van der Waals surface area contributed by atoms with Crippen LogP contribution < -0.4 is 0 Å². The second-order valence-electron chi connectivity index (χ2n) is 9.51. The van der Waals surface area contributed by atoms with Gasteiger partial charge >= 0.3 is 0 Å². The Morgan fingerprint density at radius 2 is 1.15 bits per heavy atom. The van der Waals surface area contributed by atoms with Crippen LogP contribution in [0.2, 0.25) is 0 Å². The Morgan fingerprint density at radius 1 is 0.545 bits per heavy atom. The molecule has 0 radical (unpaired) electrons. The average Bonchev–Trinajstić information content (AvgIpc) is 2.85. The first-order valence-electron chi connectivity index (χ1n) is 11.3. The lowest BCUT2D eigenvalue weighted by molar-refractivity contribution is 0.103. The summed E-state index contributed by atoms with van der Waals surface area (Å²) in [4.78, 5) is 13.5. The summed E-state index contributed by atoms with van der Waals surface area (Å²) in [6, 6.07) is 28.8. The zero-order chi connectivity index (χ0) is 22.1. The van der Waals surface area contributed by atoms with E-state index in [1.807, 2.05) is 49.4 Å². The molecular formula is C31H18O2. The van der Waals surface area contributed by atoms with Crippen molar-refractivity contribution in [3.05, 3.63) is 107 Å². The van der Waals surface area contributed by atoms with Crippen LogP contribution >= 0.6 is 0 Å². The fourth-order valence-corrected chi connectivity index (χ4v) is 6.40. The third-order valence-electron chi connectivity index (χ3n) is 7.84. The van der Waals surface area contributed by atoms with Crippen LogP contribution in [0.15, 0.2) is 84.9 Å². The lowest BCUT2D eigenvalue weighted by Crippen LogP contribution is -2.27. The van der Waals surface area contributed by atoms with Gasteiger partial charge in [0, 0.05) is 16.5 Å². The molecule has 33 heavy (non-hydrogen) atoms. The van der Waals surface area contributed by atoms with Gasteiger partial charge in [-0.15, -0.1) is 0 Å². The van der Waals surface area contributed by atoms with E-state index in [1.165, 1.54) is 0 Å². The fraction of sp³-hybridized carbons (Fsp3) is 0.0645. The van der Waals surface area contributed by atoms with Crippen molar-refractivity contribution >= 4 is 38.1 Å². The predicted octanol–water partition coefficient (Wildman–Crippen LogP) is 7.03. The molecule has 0 saturated carbocycles. The van der Waals surface area contributed by atoms with Gasteiger partial charge in [0.05, 0.1) is 0 Å². The number of carbonyl (C=O) groups excluding carboxylic acids is 1. The molecule has 2 aliphatic rings. The Labute approximate surface area is 190 Å². The van der Waals surface area contributed by atoms with Crippen LogP contribution in [-0.4, -0.2) is 10.9 Å². The molecule has 2 aliphatic carbocycles. The molecule has 0 heterocycles. The Hall–Kier alpha value is -4.01. The Kier molecular flexibility index (Phi) is 2.91. The summed E-state index contributed by atoms with van der Waals surface area (Å²) in [5, 5.41) is 18.4. The molecule has 2 nitrogen and oxygen atoms in total. The van der Waals surface area contributed by atoms with Crippen molar-refractivity contribution < 1.29 is 9.90 Å². The molecule has 1 N–H and O–H groups in total. The van der Waals surface area contributed by atoms with E-state index >= 15 is 0 Å². The van der Waals surface area contributed by atoms with Gasteiger partial charge in [0.25, 0.3) is 0 Å². The zero-order valence-corrected chi connectivity index (χ0v) is 17.9. The highest BCUT2D eigenvalue weighted by Gasteiger charge is 2.37. The summed E-state index contributed by atoms with van der Waals surface area (Å²) in [6.07, 6.45) is 0. The maximum atomic E-state index is 13.5. The molecule has 2 heteroatoms. The minimum atomic E-state index is -1.09. The number of fused-ring (bicyclic) bond motifs is 4. The van der Waals surface area contributed by atoms with Crippen molar-refractivity contribution in [1.82, 2.24) is 0 Å². The normalized spacial score (nSPS) is 18.2. The number of benzene rings is 6. The number of ketones is 1. The summed E-state index contributed by atoms with van der Waals surface area (Å²) in [5.41, 5.74) is 6.64. The molecule has 0 bridgehead atoms. The van der Waals surface area contributed by atoms with Crippen LogP contribution in [0.25, 0.3) is 54.6 Å². The quantitative estimate of drug-likeness (QED) is 0.266. The van der Waals surface area contributed by atoms with Crippen LogP contribution in [0.5, 0.6) is 0 Å². The highest BCUT2D eigenvalue weighted by Crippen LogP contribution is 2.53. The maximum absolute atomic E-state index is 13.5. The first-order chi connectivity index (χ1) is 16.1. The number of carbonyl (C=O) groups is 1. The Balaban J connectivity index is 1.67. The monoisotopic (exact) mass is 422 g/mol. The van der Waals surface area contributed by atoms with Crippen LogP contribution in [0, 0.1) is 0 Å². The molecular weight excluding hydrogens is 404 g/mol. The van der Waals surface area contributed by atoms with Crippen molar-refractivity contribution in [1.29, 1.82) is 0 Å². The van der Waals surface area contributed by atoms with Gasteiger partial charge in [-0.1, -0.05) is 66.7 Å². The van der Waals surface area contributed by atoms with Crippen LogP contribution in [0.3, 0.4) is 0 Å². The van der Waals surface area contributed by atoms with Gasteiger partial charge in [0.2, 0.25) is 0 Å². The Bertz CT molecular complexity index is 1860. The van der Waals surface area contributed by atoms with Crippen LogP contribution in [-0.2, 0) is 5.60 Å². The van der Waals surface area contributed by atoms with Gasteiger partial charge in [0.15, 0.2) is 5.78 Å². The molecule has 1 atom stereocenters. The standard InChI is InChI=1S/C31H18O2/c1-31(33)24-9-5-4-7-19(24)23-15-16-10-12-21-28-22(18-6-2-3-8-20(18)30(21)32)14-17-11-13-25(31)29(23)27(17)26(16)28/h2-15,33H,1H3. The number of rotatable bonds is 0. The van der Waals surface area contributed by atoms with Crippen molar-refractivity contribution in [3.8, 4) is 22.3 Å². The highest BCUT2D eigenvalue weighted by molar-refractivity contribution is 6.36. The maximum Gasteiger partial charge on any atom is 0.194 e. The van der Waals surface area contributed by atoms with Gasteiger partial charge in [-0.2, -0.15) is 0 Å². The van der Waals surface area contributed by atoms with Crippen molar-refractivity contribution in [2.45, 2.75) is 12.5 Å². The van der Waals surface area contributed by atoms with E-state index in [9.17, 15) is 9.90 Å². The van der Waals surface area contributed by atoms with E-state index in [1.54, 1.807) is 0 Å². The summed E-state index contributed by atoms with van der Waals surface area (Å²) in [7, 11) is 0. The predicted molar refractivity (Wildman–Crippen MR) is 133 cm³/mol. The summed E-state index contributed by atoms with van der Waals surface area (Å²) < 4.78 is 0. The molecule has 0 spiro atoms. The van der Waals surface area contributed by atoms with E-state index in [0.717, 1.165) is 76.8 Å². The van der Waals surface area contributed by atoms with Gasteiger partial charge < -0.3 is 5.11 Å². The molecule has 1 unspecified atom stereocenters. The highest BCUT2D eigenvalue weighted by atomic mass is 16.3. The van der Waals surface area contributed by atoms with Crippen LogP contribution in [0.4, 0.5) is 0 Å². The zero-order valence-electron chi connectivity index (χ0n) is 17.9. The number of hydrogen-bond donors (Lipinski definition) is 1. The van der Waals surface area contributed by atoms with Gasteiger partial charge in [-0.25, -0.2) is 0 Å². The smallest absolute Gasteiger partial charge is 0.194 e. The van der Waals surface area contributed by atoms with E-state index < -0.39 is 5.60 Å². The first kappa shape index (κ1) is 17.5. The van der Waals surface area contributed by atoms with Gasteiger partial charge in [0.1, 0.15) is 5.60 Å². The lowest BCUT2D eigenvalue weighted by atomic mass is 9.71.